The summed E-state index contributed by atoms with van der Waals surface area (Å²) in [6.45, 7) is 0.427. The molecule has 0 heterocycles. The van der Waals surface area contributed by atoms with E-state index < -0.39 is 5.60 Å². The fraction of sp³-hybridized carbons (Fsp3) is 0.500. The Morgan fingerprint density at radius 2 is 2.00 bits per heavy atom. The molecule has 1 amide bonds. The highest BCUT2D eigenvalue weighted by Crippen LogP contribution is 2.30. The van der Waals surface area contributed by atoms with Crippen LogP contribution >= 0.6 is 22.6 Å². The summed E-state index contributed by atoms with van der Waals surface area (Å²) in [5.74, 6) is -0.0136. The Hall–Kier alpha value is -0.620. The van der Waals surface area contributed by atoms with Crippen LogP contribution in [-0.2, 0) is 0 Å². The number of likely N-dealkylation sites (N-methyl/N-ethyl adjacent to an activating group) is 1. The van der Waals surface area contributed by atoms with Gasteiger partial charge in [0.25, 0.3) is 5.91 Å². The Bertz CT molecular complexity index is 441. The Kier molecular flexibility index (Phi) is 4.27. The van der Waals surface area contributed by atoms with Crippen molar-refractivity contribution in [2.75, 3.05) is 13.6 Å². The Balaban J connectivity index is 2.07. The van der Waals surface area contributed by atoms with E-state index in [4.69, 9.17) is 0 Å². The summed E-state index contributed by atoms with van der Waals surface area (Å²) < 4.78 is 0.949. The fourth-order valence-electron chi connectivity index (χ4n) is 2.54. The van der Waals surface area contributed by atoms with Gasteiger partial charge < -0.3 is 10.0 Å². The number of carbonyl (C=O) groups excluding carboxylic acids is 1. The Morgan fingerprint density at radius 3 is 2.61 bits per heavy atom. The SMILES string of the molecule is CN(CC1(O)CCCC1)C(=O)c1ccccc1I. The normalized spacial score (nSPS) is 17.7. The van der Waals surface area contributed by atoms with Crippen molar-refractivity contribution in [3.05, 3.63) is 33.4 Å². The van der Waals surface area contributed by atoms with Crippen LogP contribution in [0.2, 0.25) is 0 Å². The average molecular weight is 359 g/mol. The summed E-state index contributed by atoms with van der Waals surface area (Å²) in [4.78, 5) is 13.9. The van der Waals surface area contributed by atoms with E-state index in [0.717, 1.165) is 29.3 Å². The summed E-state index contributed by atoms with van der Waals surface area (Å²) in [7, 11) is 1.77. The minimum Gasteiger partial charge on any atom is -0.388 e. The van der Waals surface area contributed by atoms with Crippen LogP contribution in [0, 0.1) is 3.57 Å². The predicted molar refractivity (Wildman–Crippen MR) is 79.5 cm³/mol. The van der Waals surface area contributed by atoms with Gasteiger partial charge >= 0.3 is 0 Å². The van der Waals surface area contributed by atoms with E-state index in [1.807, 2.05) is 24.3 Å². The van der Waals surface area contributed by atoms with Gasteiger partial charge in [0, 0.05) is 17.2 Å². The first-order chi connectivity index (χ1) is 8.52. The van der Waals surface area contributed by atoms with Gasteiger partial charge in [0.2, 0.25) is 0 Å². The summed E-state index contributed by atoms with van der Waals surface area (Å²) in [6.07, 6.45) is 3.72. The molecule has 0 radical (unpaired) electrons. The second kappa shape index (κ2) is 5.57. The number of rotatable bonds is 3. The van der Waals surface area contributed by atoms with Crippen LogP contribution in [0.3, 0.4) is 0 Å². The van der Waals surface area contributed by atoms with Gasteiger partial charge in [0.1, 0.15) is 0 Å². The standard InChI is InChI=1S/C14H18INO2/c1-16(10-14(18)8-4-5-9-14)13(17)11-6-2-3-7-12(11)15/h2-3,6-7,18H,4-5,8-10H2,1H3. The number of aliphatic hydroxyl groups is 1. The molecule has 1 saturated carbocycles. The van der Waals surface area contributed by atoms with E-state index in [1.165, 1.54) is 0 Å². The van der Waals surface area contributed by atoms with E-state index >= 15 is 0 Å². The maximum atomic E-state index is 12.3. The minimum atomic E-state index is -0.676. The van der Waals surface area contributed by atoms with Gasteiger partial charge in [-0.05, 0) is 47.6 Å². The highest BCUT2D eigenvalue weighted by Gasteiger charge is 2.33. The number of hydrogen-bond acceptors (Lipinski definition) is 2. The smallest absolute Gasteiger partial charge is 0.254 e. The maximum Gasteiger partial charge on any atom is 0.254 e. The van der Waals surface area contributed by atoms with Crippen molar-refractivity contribution in [2.45, 2.75) is 31.3 Å². The quantitative estimate of drug-likeness (QED) is 0.843. The molecular formula is C14H18INO2. The third-order valence-corrected chi connectivity index (χ3v) is 4.46. The van der Waals surface area contributed by atoms with Gasteiger partial charge in [-0.15, -0.1) is 0 Å². The van der Waals surface area contributed by atoms with E-state index in [2.05, 4.69) is 22.6 Å². The fourth-order valence-corrected chi connectivity index (χ4v) is 3.16. The molecule has 2 rings (SSSR count). The van der Waals surface area contributed by atoms with Crippen molar-refractivity contribution in [3.63, 3.8) is 0 Å². The van der Waals surface area contributed by atoms with Crippen LogP contribution in [0.5, 0.6) is 0 Å². The van der Waals surface area contributed by atoms with E-state index in [-0.39, 0.29) is 5.91 Å². The first-order valence-electron chi connectivity index (χ1n) is 6.24. The van der Waals surface area contributed by atoms with Crippen molar-refractivity contribution in [1.29, 1.82) is 0 Å². The molecule has 1 N–H and O–H groups in total. The topological polar surface area (TPSA) is 40.5 Å². The summed E-state index contributed by atoms with van der Waals surface area (Å²) in [6, 6.07) is 7.54. The van der Waals surface area contributed by atoms with Crippen LogP contribution in [-0.4, -0.2) is 35.1 Å². The lowest BCUT2D eigenvalue weighted by Crippen LogP contribution is -2.42. The first kappa shape index (κ1) is 13.8. The van der Waals surface area contributed by atoms with Crippen LogP contribution in [0.4, 0.5) is 0 Å². The monoisotopic (exact) mass is 359 g/mol. The highest BCUT2D eigenvalue weighted by atomic mass is 127. The number of carbonyl (C=O) groups is 1. The van der Waals surface area contributed by atoms with E-state index in [9.17, 15) is 9.90 Å². The molecule has 0 unspecified atom stereocenters. The highest BCUT2D eigenvalue weighted by molar-refractivity contribution is 14.1. The molecule has 1 aromatic carbocycles. The minimum absolute atomic E-state index is 0.0136. The van der Waals surface area contributed by atoms with Crippen molar-refractivity contribution < 1.29 is 9.90 Å². The van der Waals surface area contributed by atoms with Crippen LogP contribution in [0.1, 0.15) is 36.0 Å². The van der Waals surface area contributed by atoms with Gasteiger partial charge in [-0.1, -0.05) is 25.0 Å². The molecule has 3 nitrogen and oxygen atoms in total. The van der Waals surface area contributed by atoms with Gasteiger partial charge in [-0.2, -0.15) is 0 Å². The second-order valence-corrected chi connectivity index (χ2v) is 6.23. The van der Waals surface area contributed by atoms with Gasteiger partial charge in [-0.3, -0.25) is 4.79 Å². The zero-order valence-electron chi connectivity index (χ0n) is 10.5. The van der Waals surface area contributed by atoms with Gasteiger partial charge in [0.15, 0.2) is 0 Å². The zero-order chi connectivity index (χ0) is 13.2. The molecule has 18 heavy (non-hydrogen) atoms. The third kappa shape index (κ3) is 3.03. The van der Waals surface area contributed by atoms with E-state index in [0.29, 0.717) is 12.1 Å². The maximum absolute atomic E-state index is 12.3. The number of halogens is 1. The lowest BCUT2D eigenvalue weighted by molar-refractivity contribution is 0.0156. The molecule has 98 valence electrons. The molecule has 4 heteroatoms. The summed E-state index contributed by atoms with van der Waals surface area (Å²) in [5.41, 5.74) is 0.0344. The molecule has 0 spiro atoms. The second-order valence-electron chi connectivity index (χ2n) is 5.07. The molecule has 1 aliphatic carbocycles. The van der Waals surface area contributed by atoms with Gasteiger partial charge in [-0.25, -0.2) is 0 Å². The molecular weight excluding hydrogens is 341 g/mol. The molecule has 0 bridgehead atoms. The molecule has 0 saturated heterocycles. The molecule has 1 aromatic rings. The molecule has 0 aromatic heterocycles. The lowest BCUT2D eigenvalue weighted by Gasteiger charge is -2.28. The first-order valence-corrected chi connectivity index (χ1v) is 7.32. The average Bonchev–Trinajstić information content (AvgIpc) is 2.75. The van der Waals surface area contributed by atoms with Gasteiger partial charge in [0.05, 0.1) is 11.2 Å². The predicted octanol–water partition coefficient (Wildman–Crippen LogP) is 2.67. The zero-order valence-corrected chi connectivity index (χ0v) is 12.7. The Labute approximate surface area is 121 Å². The largest absolute Gasteiger partial charge is 0.388 e. The van der Waals surface area contributed by atoms with Crippen molar-refractivity contribution in [3.8, 4) is 0 Å². The van der Waals surface area contributed by atoms with Crippen molar-refractivity contribution >= 4 is 28.5 Å². The van der Waals surface area contributed by atoms with Crippen molar-refractivity contribution in [2.24, 2.45) is 0 Å². The molecule has 0 atom stereocenters. The number of nitrogens with zero attached hydrogens (tertiary/aromatic N) is 1. The van der Waals surface area contributed by atoms with Crippen LogP contribution < -0.4 is 0 Å². The van der Waals surface area contributed by atoms with Crippen molar-refractivity contribution in [1.82, 2.24) is 4.90 Å². The number of benzene rings is 1. The number of hydrogen-bond donors (Lipinski definition) is 1. The Morgan fingerprint density at radius 1 is 1.39 bits per heavy atom. The molecule has 0 aliphatic heterocycles. The lowest BCUT2D eigenvalue weighted by atomic mass is 10.0. The van der Waals surface area contributed by atoms with E-state index in [1.54, 1.807) is 11.9 Å². The summed E-state index contributed by atoms with van der Waals surface area (Å²) >= 11 is 2.17. The van der Waals surface area contributed by atoms with Crippen LogP contribution in [0.15, 0.2) is 24.3 Å². The molecule has 1 fully saturated rings. The summed E-state index contributed by atoms with van der Waals surface area (Å²) in [5, 5.41) is 10.3. The molecule has 1 aliphatic rings. The number of amides is 1. The van der Waals surface area contributed by atoms with Crippen LogP contribution in [0.25, 0.3) is 0 Å². The third-order valence-electron chi connectivity index (χ3n) is 3.52.